The van der Waals surface area contributed by atoms with E-state index in [1.165, 1.54) is 19.3 Å². The van der Waals surface area contributed by atoms with Crippen LogP contribution in [0.15, 0.2) is 30.0 Å². The first-order valence-electron chi connectivity index (χ1n) is 22.7. The van der Waals surface area contributed by atoms with Gasteiger partial charge in [0.2, 0.25) is 5.91 Å². The number of rotatable bonds is 26. The molecule has 4 N–H and O–H groups in total. The first kappa shape index (κ1) is 46.8. The molecule has 4 aliphatic heterocycles. The minimum absolute atomic E-state index is 0.0000748. The smallest absolute Gasteiger partial charge is 0.455 e. The van der Waals surface area contributed by atoms with Crippen molar-refractivity contribution in [1.29, 1.82) is 0 Å². The first-order chi connectivity index (χ1) is 29.6. The Bertz CT molecular complexity index is 1660. The third-order valence-electron chi connectivity index (χ3n) is 12.7. The highest BCUT2D eigenvalue weighted by Gasteiger charge is 2.61. The van der Waals surface area contributed by atoms with Crippen LogP contribution in [-0.4, -0.2) is 118 Å². The molecule has 0 spiro atoms. The number of esters is 1. The number of carbonyl (C=O) groups is 4. The number of amides is 3. The Balaban J connectivity index is 0.724. The number of allylic oxidation sites excluding steroid dienone is 1. The zero-order chi connectivity index (χ0) is 43.0. The maximum absolute atomic E-state index is 12.4. The van der Waals surface area contributed by atoms with Gasteiger partial charge in [-0.05, 0) is 70.3 Å². The van der Waals surface area contributed by atoms with Gasteiger partial charge in [-0.15, -0.1) is 5.10 Å². The highest BCUT2D eigenvalue weighted by Crippen LogP contribution is 2.49. The normalized spacial score (nSPS) is 28.0. The molecule has 4 unspecified atom stereocenters. The Morgan fingerprint density at radius 1 is 1.07 bits per heavy atom. The molecule has 1 aromatic rings. The molecule has 8 atom stereocenters. The van der Waals surface area contributed by atoms with Crippen molar-refractivity contribution < 1.29 is 48.0 Å². The summed E-state index contributed by atoms with van der Waals surface area (Å²) in [7, 11) is 0. The number of unbranched alkanes of at least 4 members (excludes halogenated alkanes) is 8. The summed E-state index contributed by atoms with van der Waals surface area (Å²) in [6, 6.07) is 0.383. The molecule has 1 aliphatic carbocycles. The van der Waals surface area contributed by atoms with E-state index in [2.05, 4.69) is 38.9 Å². The molecule has 61 heavy (non-hydrogen) atoms. The fraction of sp³-hybridized carbons (Fsp3) is 0.773. The summed E-state index contributed by atoms with van der Waals surface area (Å²) in [6.45, 7) is 8.06. The summed E-state index contributed by atoms with van der Waals surface area (Å²) >= 11 is 1.90. The third-order valence-corrected chi connectivity index (χ3v) is 14.2. The summed E-state index contributed by atoms with van der Waals surface area (Å²) in [6.07, 6.45) is 18.6. The number of aromatic nitrogens is 3. The topological polar surface area (TPSA) is 205 Å². The molecule has 5 heterocycles. The van der Waals surface area contributed by atoms with E-state index in [9.17, 15) is 24.3 Å². The van der Waals surface area contributed by atoms with Crippen LogP contribution in [0.2, 0.25) is 0 Å². The second kappa shape index (κ2) is 23.7. The van der Waals surface area contributed by atoms with Crippen LogP contribution in [0.1, 0.15) is 128 Å². The predicted octanol–water partition coefficient (Wildman–Crippen LogP) is 5.81. The van der Waals surface area contributed by atoms with Crippen molar-refractivity contribution in [2.75, 3.05) is 32.2 Å². The molecule has 4 fully saturated rings. The van der Waals surface area contributed by atoms with Crippen LogP contribution in [0.25, 0.3) is 0 Å². The van der Waals surface area contributed by atoms with Crippen molar-refractivity contribution in [2.45, 2.75) is 177 Å². The van der Waals surface area contributed by atoms with Gasteiger partial charge >= 0.3 is 18.2 Å². The molecule has 17 heteroatoms. The number of fused-ring (bicyclic) bond motifs is 4. The lowest BCUT2D eigenvalue weighted by Crippen LogP contribution is -2.36. The van der Waals surface area contributed by atoms with Gasteiger partial charge in [-0.3, -0.25) is 9.48 Å². The minimum atomic E-state index is -0.735. The monoisotopic (exact) mass is 872 g/mol. The number of ether oxygens (including phenoxy) is 5. The SMILES string of the molecule is C=C1C(=O)O[C@H]2[C@H]1CC/C(COC(=O)OCCC(CCO)OCCCCCCCCCCn1cc(CNC(=O)CCCCC3SCC4NC(=O)NC43)nn1)=C\CC[C@@]1(C)O[C@@H]21. The number of epoxide rings is 1. The van der Waals surface area contributed by atoms with Crippen LogP contribution >= 0.6 is 11.8 Å². The molecule has 5 aliphatic rings. The van der Waals surface area contributed by atoms with E-state index >= 15 is 0 Å². The number of hydrogen-bond donors (Lipinski definition) is 4. The average Bonchev–Trinajstić information content (AvgIpc) is 3.65. The number of aliphatic hydroxyl groups is 1. The van der Waals surface area contributed by atoms with Crippen LogP contribution in [0.5, 0.6) is 0 Å². The molecule has 6 rings (SSSR count). The third kappa shape index (κ3) is 14.4. The second-order valence-electron chi connectivity index (χ2n) is 17.4. The number of nitrogens with one attached hydrogen (secondary N) is 3. The fourth-order valence-corrected chi connectivity index (χ4v) is 10.5. The number of carbonyl (C=O) groups excluding carboxylic acids is 4. The number of aliphatic hydroxyl groups excluding tert-OH is 1. The van der Waals surface area contributed by atoms with Crippen molar-refractivity contribution in [3.05, 3.63) is 35.7 Å². The van der Waals surface area contributed by atoms with Crippen LogP contribution in [0.3, 0.4) is 0 Å². The van der Waals surface area contributed by atoms with Gasteiger partial charge in [-0.1, -0.05) is 62.8 Å². The molecule has 1 aromatic heterocycles. The standard InChI is InChI=1S/C44H68N6O10S/c1-30-34-18-17-31(14-13-21-44(2)40(60-44)39(34)59-41(30)53)28-58-43(55)57-25-20-33(19-23-51)56-24-12-8-6-4-3-5-7-11-22-50-27-32(48-49-50)26-45-37(52)16-10-9-15-36-38-35(29-61-36)46-42(54)47-38/h14,27,33-36,38-40,51H,1,3-13,15-26,28-29H2,2H3,(H,45,52)(H2,46,47,54)/b31-14+/t33?,34-,35?,36?,38?,39-,40-,44+/m0/s1. The Labute approximate surface area is 364 Å². The van der Waals surface area contributed by atoms with Gasteiger partial charge in [0.1, 0.15) is 24.5 Å². The largest absolute Gasteiger partial charge is 0.508 e. The van der Waals surface area contributed by atoms with Crippen LogP contribution in [-0.2, 0) is 46.4 Å². The van der Waals surface area contributed by atoms with E-state index in [0.29, 0.717) is 56.1 Å². The predicted molar refractivity (Wildman–Crippen MR) is 228 cm³/mol. The van der Waals surface area contributed by atoms with E-state index in [1.54, 1.807) is 0 Å². The summed E-state index contributed by atoms with van der Waals surface area (Å²) in [4.78, 5) is 48.6. The maximum Gasteiger partial charge on any atom is 0.508 e. The number of nitrogens with zero attached hydrogens (tertiary/aromatic N) is 3. The molecule has 0 saturated carbocycles. The lowest BCUT2D eigenvalue weighted by atomic mass is 9.84. The van der Waals surface area contributed by atoms with Crippen molar-refractivity contribution >= 4 is 35.8 Å². The molecular weight excluding hydrogens is 805 g/mol. The van der Waals surface area contributed by atoms with Gasteiger partial charge in [0, 0.05) is 55.1 Å². The van der Waals surface area contributed by atoms with E-state index in [0.717, 1.165) is 87.8 Å². The summed E-state index contributed by atoms with van der Waals surface area (Å²) < 4.78 is 30.3. The number of urea groups is 1. The molecule has 0 aromatic carbocycles. The highest BCUT2D eigenvalue weighted by molar-refractivity contribution is 8.00. The fourth-order valence-electron chi connectivity index (χ4n) is 8.94. The average molecular weight is 873 g/mol. The van der Waals surface area contributed by atoms with Gasteiger partial charge in [-0.25, -0.2) is 14.4 Å². The van der Waals surface area contributed by atoms with Gasteiger partial charge in [0.25, 0.3) is 0 Å². The molecule has 3 amide bonds. The van der Waals surface area contributed by atoms with E-state index in [4.69, 9.17) is 23.7 Å². The Hall–Kier alpha value is -3.67. The Morgan fingerprint density at radius 2 is 1.87 bits per heavy atom. The zero-order valence-corrected chi connectivity index (χ0v) is 36.8. The molecule has 16 nitrogen and oxygen atoms in total. The lowest BCUT2D eigenvalue weighted by molar-refractivity contribution is -0.140. The molecule has 0 radical (unpaired) electrons. The number of hydrogen-bond acceptors (Lipinski definition) is 13. The Morgan fingerprint density at radius 3 is 2.69 bits per heavy atom. The van der Waals surface area contributed by atoms with Crippen molar-refractivity contribution in [1.82, 2.24) is 30.9 Å². The molecule has 0 bridgehead atoms. The van der Waals surface area contributed by atoms with Crippen LogP contribution < -0.4 is 16.0 Å². The summed E-state index contributed by atoms with van der Waals surface area (Å²) in [5, 5.41) is 27.3. The maximum atomic E-state index is 12.4. The van der Waals surface area contributed by atoms with Crippen molar-refractivity contribution in [2.24, 2.45) is 5.92 Å². The zero-order valence-electron chi connectivity index (χ0n) is 36.0. The summed E-state index contributed by atoms with van der Waals surface area (Å²) in [5.74, 6) is 0.512. The van der Waals surface area contributed by atoms with E-state index in [1.807, 2.05) is 29.6 Å². The van der Waals surface area contributed by atoms with Gasteiger partial charge in [-0.2, -0.15) is 11.8 Å². The Kier molecular flexibility index (Phi) is 18.2. The summed E-state index contributed by atoms with van der Waals surface area (Å²) in [5.41, 5.74) is 1.90. The quantitative estimate of drug-likeness (QED) is 0.0217. The molecular formula is C44H68N6O10S. The van der Waals surface area contributed by atoms with Crippen LogP contribution in [0.4, 0.5) is 9.59 Å². The molecule has 4 saturated heterocycles. The van der Waals surface area contributed by atoms with E-state index < -0.39 is 6.16 Å². The van der Waals surface area contributed by atoms with Gasteiger partial charge < -0.3 is 44.7 Å². The molecule has 340 valence electrons. The lowest BCUT2D eigenvalue weighted by Gasteiger charge is -2.20. The van der Waals surface area contributed by atoms with E-state index in [-0.39, 0.29) is 79.6 Å². The second-order valence-corrected chi connectivity index (χ2v) is 18.7. The number of aryl methyl sites for hydroxylation is 1. The van der Waals surface area contributed by atoms with Crippen molar-refractivity contribution in [3.8, 4) is 0 Å². The van der Waals surface area contributed by atoms with Crippen molar-refractivity contribution in [3.63, 3.8) is 0 Å². The van der Waals surface area contributed by atoms with Gasteiger partial charge in [0.15, 0.2) is 0 Å². The van der Waals surface area contributed by atoms with Gasteiger partial charge in [0.05, 0.1) is 43.1 Å². The minimum Gasteiger partial charge on any atom is -0.455 e. The highest BCUT2D eigenvalue weighted by atomic mass is 32.2. The number of thioether (sulfide) groups is 1. The first-order valence-corrected chi connectivity index (χ1v) is 23.8. The van der Waals surface area contributed by atoms with Crippen LogP contribution in [0, 0.1) is 5.92 Å².